The van der Waals surface area contributed by atoms with Crippen molar-refractivity contribution in [3.63, 3.8) is 0 Å². The summed E-state index contributed by atoms with van der Waals surface area (Å²) in [5.41, 5.74) is 6.54. The van der Waals surface area contributed by atoms with Crippen LogP contribution in [0.3, 0.4) is 0 Å². The minimum Gasteiger partial charge on any atom is -0.253 e. The quantitative estimate of drug-likeness (QED) is 0.648. The summed E-state index contributed by atoms with van der Waals surface area (Å²) >= 11 is 6.47. The highest BCUT2D eigenvalue weighted by molar-refractivity contribution is 6.33. The van der Waals surface area contributed by atoms with Crippen LogP contribution in [0.1, 0.15) is 51.6 Å². The number of benzene rings is 1. The average Bonchev–Trinajstić information content (AvgIpc) is 2.45. The van der Waals surface area contributed by atoms with Crippen molar-refractivity contribution in [2.45, 2.75) is 46.5 Å². The molecule has 1 aromatic heterocycles. The van der Waals surface area contributed by atoms with Gasteiger partial charge in [0.05, 0.1) is 5.69 Å². The zero-order valence-electron chi connectivity index (χ0n) is 14.1. The van der Waals surface area contributed by atoms with Gasteiger partial charge in [0.25, 0.3) is 0 Å². The van der Waals surface area contributed by atoms with Gasteiger partial charge in [-0.05, 0) is 48.1 Å². The Balaban J connectivity index is 2.63. The van der Waals surface area contributed by atoms with Crippen LogP contribution in [-0.2, 0) is 11.8 Å². The van der Waals surface area contributed by atoms with E-state index in [0.717, 1.165) is 39.5 Å². The van der Waals surface area contributed by atoms with Crippen molar-refractivity contribution in [3.05, 3.63) is 58.9 Å². The van der Waals surface area contributed by atoms with E-state index in [9.17, 15) is 0 Å². The van der Waals surface area contributed by atoms with E-state index < -0.39 is 0 Å². The van der Waals surface area contributed by atoms with Crippen LogP contribution in [0, 0.1) is 0 Å². The van der Waals surface area contributed by atoms with Gasteiger partial charge in [0.1, 0.15) is 0 Å². The second kappa shape index (κ2) is 6.26. The van der Waals surface area contributed by atoms with E-state index in [1.807, 2.05) is 19.1 Å². The Labute approximate surface area is 139 Å². The first-order valence-electron chi connectivity index (χ1n) is 7.70. The first-order chi connectivity index (χ1) is 10.2. The third-order valence-corrected chi connectivity index (χ3v) is 4.20. The number of aryl methyl sites for hydroxylation is 1. The average molecular weight is 314 g/mol. The monoisotopic (exact) mass is 313 g/mol. The molecule has 0 saturated carbocycles. The van der Waals surface area contributed by atoms with E-state index in [-0.39, 0.29) is 5.41 Å². The Kier molecular flexibility index (Phi) is 4.77. The number of hydrogen-bond acceptors (Lipinski definition) is 1. The summed E-state index contributed by atoms with van der Waals surface area (Å²) in [7, 11) is 0. The third kappa shape index (κ3) is 3.41. The van der Waals surface area contributed by atoms with Gasteiger partial charge in [-0.15, -0.1) is 0 Å². The van der Waals surface area contributed by atoms with Crippen LogP contribution >= 0.6 is 11.6 Å². The molecule has 0 unspecified atom stereocenters. The smallest absolute Gasteiger partial charge is 0.0656 e. The number of hydrogen-bond donors (Lipinski definition) is 0. The SMILES string of the molecule is C=C(C)c1ccc(-c2cc(C(C)(C)C)ccc2Cl)c(CC)n1. The van der Waals surface area contributed by atoms with Gasteiger partial charge in [0.15, 0.2) is 0 Å². The second-order valence-electron chi connectivity index (χ2n) is 6.77. The molecule has 0 amide bonds. The van der Waals surface area contributed by atoms with E-state index in [1.54, 1.807) is 0 Å². The zero-order valence-corrected chi connectivity index (χ0v) is 14.9. The van der Waals surface area contributed by atoms with Crippen molar-refractivity contribution in [2.24, 2.45) is 0 Å². The molecule has 0 atom stereocenters. The molecule has 0 saturated heterocycles. The van der Waals surface area contributed by atoms with Crippen molar-refractivity contribution < 1.29 is 0 Å². The minimum atomic E-state index is 0.0940. The summed E-state index contributed by atoms with van der Waals surface area (Å²) in [5, 5.41) is 0.771. The minimum absolute atomic E-state index is 0.0940. The molecule has 0 N–H and O–H groups in total. The van der Waals surface area contributed by atoms with E-state index in [1.165, 1.54) is 5.56 Å². The van der Waals surface area contributed by atoms with Crippen molar-refractivity contribution in [1.82, 2.24) is 4.98 Å². The molecule has 1 nitrogen and oxygen atoms in total. The molecule has 1 aromatic carbocycles. The fourth-order valence-corrected chi connectivity index (χ4v) is 2.67. The van der Waals surface area contributed by atoms with Gasteiger partial charge < -0.3 is 0 Å². The van der Waals surface area contributed by atoms with E-state index in [2.05, 4.69) is 52.5 Å². The Bertz CT molecular complexity index is 708. The van der Waals surface area contributed by atoms with Crippen molar-refractivity contribution in [3.8, 4) is 11.1 Å². The Morgan fingerprint density at radius 1 is 1.14 bits per heavy atom. The van der Waals surface area contributed by atoms with Crippen molar-refractivity contribution in [2.75, 3.05) is 0 Å². The van der Waals surface area contributed by atoms with Crippen LogP contribution < -0.4 is 0 Å². The van der Waals surface area contributed by atoms with E-state index in [0.29, 0.717) is 0 Å². The van der Waals surface area contributed by atoms with Gasteiger partial charge in [-0.3, -0.25) is 4.98 Å². The highest BCUT2D eigenvalue weighted by atomic mass is 35.5. The fourth-order valence-electron chi connectivity index (χ4n) is 2.45. The first kappa shape index (κ1) is 16.8. The van der Waals surface area contributed by atoms with Crippen LogP contribution in [0.15, 0.2) is 36.9 Å². The highest BCUT2D eigenvalue weighted by Gasteiger charge is 2.17. The normalized spacial score (nSPS) is 11.5. The van der Waals surface area contributed by atoms with Gasteiger partial charge in [0, 0.05) is 21.8 Å². The molecule has 0 aliphatic rings. The summed E-state index contributed by atoms with van der Waals surface area (Å²) in [6, 6.07) is 10.4. The topological polar surface area (TPSA) is 12.9 Å². The Hall–Kier alpha value is -1.60. The van der Waals surface area contributed by atoms with Gasteiger partial charge in [-0.1, -0.05) is 58.0 Å². The fraction of sp³-hybridized carbons (Fsp3) is 0.350. The molecule has 0 aliphatic carbocycles. The number of halogens is 1. The van der Waals surface area contributed by atoms with Gasteiger partial charge in [0.2, 0.25) is 0 Å². The van der Waals surface area contributed by atoms with Gasteiger partial charge in [-0.2, -0.15) is 0 Å². The molecule has 0 radical (unpaired) electrons. The molecule has 116 valence electrons. The van der Waals surface area contributed by atoms with Crippen LogP contribution in [0.5, 0.6) is 0 Å². The highest BCUT2D eigenvalue weighted by Crippen LogP contribution is 2.35. The standard InChI is InChI=1S/C20H24ClN/c1-7-18-15(9-11-19(22-18)13(2)3)16-12-14(20(4,5)6)8-10-17(16)21/h8-12H,2,7H2,1,3-6H3. The largest absolute Gasteiger partial charge is 0.253 e. The summed E-state index contributed by atoms with van der Waals surface area (Å²) in [6.45, 7) is 14.7. The molecule has 2 rings (SSSR count). The Morgan fingerprint density at radius 3 is 2.36 bits per heavy atom. The van der Waals surface area contributed by atoms with Crippen LogP contribution in [0.25, 0.3) is 16.7 Å². The third-order valence-electron chi connectivity index (χ3n) is 3.87. The lowest BCUT2D eigenvalue weighted by Gasteiger charge is -2.21. The molecular weight excluding hydrogens is 290 g/mol. The predicted octanol–water partition coefficient (Wildman–Crippen LogP) is 6.30. The summed E-state index contributed by atoms with van der Waals surface area (Å²) in [6.07, 6.45) is 0.868. The molecule has 0 fully saturated rings. The lowest BCUT2D eigenvalue weighted by Crippen LogP contribution is -2.11. The van der Waals surface area contributed by atoms with Crippen LogP contribution in [0.2, 0.25) is 5.02 Å². The van der Waals surface area contributed by atoms with Gasteiger partial charge in [-0.25, -0.2) is 0 Å². The number of nitrogens with zero attached hydrogens (tertiary/aromatic N) is 1. The van der Waals surface area contributed by atoms with Crippen molar-refractivity contribution >= 4 is 17.2 Å². The van der Waals surface area contributed by atoms with Crippen molar-refractivity contribution in [1.29, 1.82) is 0 Å². The maximum atomic E-state index is 6.47. The molecule has 0 aliphatic heterocycles. The van der Waals surface area contributed by atoms with Gasteiger partial charge >= 0.3 is 0 Å². The van der Waals surface area contributed by atoms with Crippen LogP contribution in [-0.4, -0.2) is 4.98 Å². The maximum absolute atomic E-state index is 6.47. The molecular formula is C20H24ClN. The maximum Gasteiger partial charge on any atom is 0.0656 e. The lowest BCUT2D eigenvalue weighted by molar-refractivity contribution is 0.590. The van der Waals surface area contributed by atoms with E-state index >= 15 is 0 Å². The summed E-state index contributed by atoms with van der Waals surface area (Å²) in [4.78, 5) is 4.74. The molecule has 1 heterocycles. The molecule has 22 heavy (non-hydrogen) atoms. The predicted molar refractivity (Wildman–Crippen MR) is 97.5 cm³/mol. The first-order valence-corrected chi connectivity index (χ1v) is 8.08. The summed E-state index contributed by atoms with van der Waals surface area (Å²) < 4.78 is 0. The second-order valence-corrected chi connectivity index (χ2v) is 7.18. The lowest BCUT2D eigenvalue weighted by atomic mass is 9.85. The number of aromatic nitrogens is 1. The zero-order chi connectivity index (χ0) is 16.5. The molecule has 2 aromatic rings. The summed E-state index contributed by atoms with van der Waals surface area (Å²) in [5.74, 6) is 0. The molecule has 0 bridgehead atoms. The number of allylic oxidation sites excluding steroid dienone is 1. The number of pyridine rings is 1. The molecule has 0 spiro atoms. The van der Waals surface area contributed by atoms with Crippen LogP contribution in [0.4, 0.5) is 0 Å². The van der Waals surface area contributed by atoms with E-state index in [4.69, 9.17) is 16.6 Å². The Morgan fingerprint density at radius 2 is 1.82 bits per heavy atom. The molecule has 2 heteroatoms. The number of rotatable bonds is 3.